The average molecular weight is 229 g/mol. The van der Waals surface area contributed by atoms with Crippen molar-refractivity contribution in [1.82, 2.24) is 9.97 Å². The third kappa shape index (κ3) is 3.17. The highest BCUT2D eigenvalue weighted by atomic mass is 16.5. The molecule has 2 N–H and O–H groups in total. The highest BCUT2D eigenvalue weighted by Gasteiger charge is 1.99. The maximum absolute atomic E-state index is 5.57. The number of benzene rings is 1. The van der Waals surface area contributed by atoms with E-state index >= 15 is 0 Å². The summed E-state index contributed by atoms with van der Waals surface area (Å²) in [6, 6.07) is 9.65. The fourth-order valence-corrected chi connectivity index (χ4v) is 1.45. The maximum atomic E-state index is 5.57. The first-order valence-electron chi connectivity index (χ1n) is 5.57. The first-order chi connectivity index (χ1) is 8.28. The number of anilines is 1. The van der Waals surface area contributed by atoms with E-state index < -0.39 is 0 Å². The Morgan fingerprint density at radius 3 is 2.59 bits per heavy atom. The van der Waals surface area contributed by atoms with Gasteiger partial charge in [0.15, 0.2) is 5.82 Å². The average Bonchev–Trinajstić information content (AvgIpc) is 2.37. The first-order valence-corrected chi connectivity index (χ1v) is 5.57. The lowest BCUT2D eigenvalue weighted by Gasteiger charge is -2.06. The van der Waals surface area contributed by atoms with Crippen molar-refractivity contribution >= 4 is 5.82 Å². The number of aryl methyl sites for hydroxylation is 1. The summed E-state index contributed by atoms with van der Waals surface area (Å²) in [4.78, 5) is 8.14. The summed E-state index contributed by atoms with van der Waals surface area (Å²) in [5, 5.41) is 0. The molecular formula is C13H15N3O. The first kappa shape index (κ1) is 11.4. The highest BCUT2D eigenvalue weighted by Crippen LogP contribution is 2.13. The summed E-state index contributed by atoms with van der Waals surface area (Å²) in [7, 11) is 0. The van der Waals surface area contributed by atoms with Crippen LogP contribution in [-0.2, 0) is 13.0 Å². The van der Waals surface area contributed by atoms with Crippen molar-refractivity contribution in [3.63, 3.8) is 0 Å². The van der Waals surface area contributed by atoms with E-state index in [9.17, 15) is 0 Å². The Labute approximate surface area is 100 Å². The van der Waals surface area contributed by atoms with Crippen LogP contribution in [0.2, 0.25) is 0 Å². The number of ether oxygens (including phenoxy) is 1. The second kappa shape index (κ2) is 5.30. The van der Waals surface area contributed by atoms with Crippen molar-refractivity contribution < 1.29 is 4.74 Å². The van der Waals surface area contributed by atoms with Crippen LogP contribution in [0.4, 0.5) is 5.82 Å². The SMILES string of the molecule is CCc1ccc(OCc2nccc(N)n2)cc1. The molecule has 88 valence electrons. The van der Waals surface area contributed by atoms with E-state index in [0.717, 1.165) is 12.2 Å². The second-order valence-corrected chi connectivity index (χ2v) is 3.68. The molecule has 4 heteroatoms. The van der Waals surface area contributed by atoms with Crippen LogP contribution in [0.5, 0.6) is 5.75 Å². The molecule has 0 amide bonds. The van der Waals surface area contributed by atoms with Crippen molar-refractivity contribution in [2.75, 3.05) is 5.73 Å². The molecule has 1 heterocycles. The quantitative estimate of drug-likeness (QED) is 0.873. The molecule has 0 radical (unpaired) electrons. The van der Waals surface area contributed by atoms with Gasteiger partial charge in [-0.3, -0.25) is 0 Å². The Morgan fingerprint density at radius 1 is 1.18 bits per heavy atom. The molecular weight excluding hydrogens is 214 g/mol. The van der Waals surface area contributed by atoms with E-state index in [1.165, 1.54) is 5.56 Å². The predicted molar refractivity (Wildman–Crippen MR) is 66.6 cm³/mol. The number of hydrogen-bond donors (Lipinski definition) is 1. The smallest absolute Gasteiger partial charge is 0.168 e. The molecule has 0 atom stereocenters. The lowest BCUT2D eigenvalue weighted by atomic mass is 10.2. The van der Waals surface area contributed by atoms with E-state index in [2.05, 4.69) is 29.0 Å². The van der Waals surface area contributed by atoms with Crippen molar-refractivity contribution in [3.8, 4) is 5.75 Å². The van der Waals surface area contributed by atoms with E-state index in [4.69, 9.17) is 10.5 Å². The zero-order chi connectivity index (χ0) is 12.1. The lowest BCUT2D eigenvalue weighted by molar-refractivity contribution is 0.296. The van der Waals surface area contributed by atoms with Crippen LogP contribution in [0.1, 0.15) is 18.3 Å². The van der Waals surface area contributed by atoms with E-state index in [0.29, 0.717) is 18.2 Å². The minimum Gasteiger partial charge on any atom is -0.486 e. The fraction of sp³-hybridized carbons (Fsp3) is 0.231. The van der Waals surface area contributed by atoms with Gasteiger partial charge in [-0.05, 0) is 30.2 Å². The Kier molecular flexibility index (Phi) is 3.55. The summed E-state index contributed by atoms with van der Waals surface area (Å²) in [5.41, 5.74) is 6.85. The zero-order valence-corrected chi connectivity index (χ0v) is 9.76. The van der Waals surface area contributed by atoms with Crippen LogP contribution in [-0.4, -0.2) is 9.97 Å². The molecule has 4 nitrogen and oxygen atoms in total. The number of rotatable bonds is 4. The van der Waals surface area contributed by atoms with E-state index in [1.807, 2.05) is 12.1 Å². The molecule has 2 rings (SSSR count). The number of hydrogen-bond acceptors (Lipinski definition) is 4. The van der Waals surface area contributed by atoms with Crippen LogP contribution in [0.25, 0.3) is 0 Å². The number of nitrogens with two attached hydrogens (primary N) is 1. The van der Waals surface area contributed by atoms with Crippen LogP contribution < -0.4 is 10.5 Å². The van der Waals surface area contributed by atoms with Crippen LogP contribution in [0.15, 0.2) is 36.5 Å². The van der Waals surface area contributed by atoms with Gasteiger partial charge >= 0.3 is 0 Å². The number of aromatic nitrogens is 2. The molecule has 0 spiro atoms. The van der Waals surface area contributed by atoms with Crippen LogP contribution in [0.3, 0.4) is 0 Å². The molecule has 0 saturated heterocycles. The lowest BCUT2D eigenvalue weighted by Crippen LogP contribution is -2.03. The third-order valence-corrected chi connectivity index (χ3v) is 2.43. The van der Waals surface area contributed by atoms with Gasteiger partial charge in [0.2, 0.25) is 0 Å². The summed E-state index contributed by atoms with van der Waals surface area (Å²) >= 11 is 0. The topological polar surface area (TPSA) is 61.0 Å². The van der Waals surface area contributed by atoms with Gasteiger partial charge in [-0.2, -0.15) is 0 Å². The molecule has 2 aromatic rings. The molecule has 0 saturated carbocycles. The van der Waals surface area contributed by atoms with Gasteiger partial charge in [-0.25, -0.2) is 9.97 Å². The third-order valence-electron chi connectivity index (χ3n) is 2.43. The largest absolute Gasteiger partial charge is 0.486 e. The van der Waals surface area contributed by atoms with Gasteiger partial charge in [0.05, 0.1) is 0 Å². The van der Waals surface area contributed by atoms with Gasteiger partial charge < -0.3 is 10.5 Å². The van der Waals surface area contributed by atoms with Crippen molar-refractivity contribution in [3.05, 3.63) is 47.9 Å². The number of nitrogen functional groups attached to an aromatic ring is 1. The van der Waals surface area contributed by atoms with Crippen LogP contribution in [0, 0.1) is 0 Å². The zero-order valence-electron chi connectivity index (χ0n) is 9.76. The molecule has 1 aromatic heterocycles. The summed E-state index contributed by atoms with van der Waals surface area (Å²) in [5.74, 6) is 1.86. The molecule has 17 heavy (non-hydrogen) atoms. The standard InChI is InChI=1S/C13H15N3O/c1-2-10-3-5-11(6-4-10)17-9-13-15-8-7-12(14)16-13/h3-8H,2,9H2,1H3,(H2,14,15,16). The maximum Gasteiger partial charge on any atom is 0.168 e. The Bertz CT molecular complexity index is 482. The van der Waals surface area contributed by atoms with Crippen molar-refractivity contribution in [1.29, 1.82) is 0 Å². The van der Waals surface area contributed by atoms with Crippen molar-refractivity contribution in [2.24, 2.45) is 0 Å². The van der Waals surface area contributed by atoms with Gasteiger partial charge in [0, 0.05) is 6.20 Å². The van der Waals surface area contributed by atoms with E-state index in [-0.39, 0.29) is 0 Å². The molecule has 0 fully saturated rings. The Balaban J connectivity index is 1.97. The second-order valence-electron chi connectivity index (χ2n) is 3.68. The monoisotopic (exact) mass is 229 g/mol. The van der Waals surface area contributed by atoms with Gasteiger partial charge in [-0.15, -0.1) is 0 Å². The molecule has 0 aliphatic carbocycles. The molecule has 0 unspecified atom stereocenters. The molecule has 0 aliphatic heterocycles. The van der Waals surface area contributed by atoms with Gasteiger partial charge in [0.1, 0.15) is 18.2 Å². The summed E-state index contributed by atoms with van der Waals surface area (Å²) < 4.78 is 5.57. The highest BCUT2D eigenvalue weighted by molar-refractivity contribution is 5.28. The molecule has 0 bridgehead atoms. The fourth-order valence-electron chi connectivity index (χ4n) is 1.45. The minimum atomic E-state index is 0.330. The molecule has 0 aliphatic rings. The summed E-state index contributed by atoms with van der Waals surface area (Å²) in [6.07, 6.45) is 2.65. The van der Waals surface area contributed by atoms with Gasteiger partial charge in [-0.1, -0.05) is 19.1 Å². The van der Waals surface area contributed by atoms with Gasteiger partial charge in [0.25, 0.3) is 0 Å². The Morgan fingerprint density at radius 2 is 1.94 bits per heavy atom. The number of nitrogens with zero attached hydrogens (tertiary/aromatic N) is 2. The Hall–Kier alpha value is -2.10. The predicted octanol–water partition coefficient (Wildman–Crippen LogP) is 2.20. The minimum absolute atomic E-state index is 0.330. The van der Waals surface area contributed by atoms with Crippen molar-refractivity contribution in [2.45, 2.75) is 20.0 Å². The van der Waals surface area contributed by atoms with Crippen LogP contribution >= 0.6 is 0 Å². The normalized spacial score (nSPS) is 10.2. The van der Waals surface area contributed by atoms with E-state index in [1.54, 1.807) is 12.3 Å². The summed E-state index contributed by atoms with van der Waals surface area (Å²) in [6.45, 7) is 2.45. The molecule has 1 aromatic carbocycles.